The number of rotatable bonds is 5. The van der Waals surface area contributed by atoms with Crippen LogP contribution in [-0.4, -0.2) is 35.8 Å². The molecule has 2 N–H and O–H groups in total. The third-order valence-electron chi connectivity index (χ3n) is 2.05. The van der Waals surface area contributed by atoms with Crippen molar-refractivity contribution < 1.29 is 14.6 Å². The third kappa shape index (κ3) is 3.86. The monoisotopic (exact) mass is 224 g/mol. The Hall–Kier alpha value is -1.62. The highest BCUT2D eigenvalue weighted by Gasteiger charge is 2.07. The minimum absolute atomic E-state index is 0.268. The van der Waals surface area contributed by atoms with Crippen molar-refractivity contribution in [3.63, 3.8) is 0 Å². The summed E-state index contributed by atoms with van der Waals surface area (Å²) in [5.41, 5.74) is 1.06. The highest BCUT2D eigenvalue weighted by molar-refractivity contribution is 5.88. The molecule has 0 saturated carbocycles. The molecule has 1 aromatic rings. The van der Waals surface area contributed by atoms with E-state index in [0.717, 1.165) is 5.69 Å². The van der Waals surface area contributed by atoms with Crippen LogP contribution in [0.5, 0.6) is 0 Å². The predicted octanol–water partition coefficient (Wildman–Crippen LogP) is 1.05. The van der Waals surface area contributed by atoms with Gasteiger partial charge in [0, 0.05) is 18.4 Å². The Kier molecular flexibility index (Phi) is 4.72. The molecule has 0 spiro atoms. The third-order valence-corrected chi connectivity index (χ3v) is 2.05. The maximum Gasteiger partial charge on any atom is 0.356 e. The number of carbonyl (C=O) groups excluding carboxylic acids is 1. The van der Waals surface area contributed by atoms with Crippen LogP contribution in [0.2, 0.25) is 0 Å². The Balaban J connectivity index is 2.57. The first kappa shape index (κ1) is 12.4. The molecule has 0 aliphatic heterocycles. The van der Waals surface area contributed by atoms with Crippen molar-refractivity contribution in [3.05, 3.63) is 24.0 Å². The number of nitrogens with zero attached hydrogens (tertiary/aromatic N) is 1. The highest BCUT2D eigenvalue weighted by atomic mass is 16.5. The second-order valence-electron chi connectivity index (χ2n) is 3.49. The summed E-state index contributed by atoms with van der Waals surface area (Å²) >= 11 is 0. The molecule has 1 unspecified atom stereocenters. The van der Waals surface area contributed by atoms with Gasteiger partial charge in [-0.3, -0.25) is 0 Å². The van der Waals surface area contributed by atoms with Gasteiger partial charge in [-0.2, -0.15) is 0 Å². The van der Waals surface area contributed by atoms with E-state index in [0.29, 0.717) is 13.0 Å². The van der Waals surface area contributed by atoms with E-state index in [1.165, 1.54) is 13.3 Å². The Morgan fingerprint density at radius 1 is 1.69 bits per heavy atom. The van der Waals surface area contributed by atoms with E-state index >= 15 is 0 Å². The Morgan fingerprint density at radius 2 is 2.44 bits per heavy atom. The molecule has 1 atom stereocenters. The number of pyridine rings is 1. The first-order valence-electron chi connectivity index (χ1n) is 5.10. The van der Waals surface area contributed by atoms with Gasteiger partial charge in [0.25, 0.3) is 0 Å². The van der Waals surface area contributed by atoms with Crippen molar-refractivity contribution in [1.29, 1.82) is 0 Å². The van der Waals surface area contributed by atoms with E-state index < -0.39 is 5.97 Å². The summed E-state index contributed by atoms with van der Waals surface area (Å²) in [4.78, 5) is 15.1. The summed E-state index contributed by atoms with van der Waals surface area (Å²) in [5, 5.41) is 12.2. The van der Waals surface area contributed by atoms with E-state index in [1.54, 1.807) is 19.1 Å². The molecule has 0 aromatic carbocycles. The summed E-state index contributed by atoms with van der Waals surface area (Å²) in [6.07, 6.45) is 1.85. The van der Waals surface area contributed by atoms with E-state index in [4.69, 9.17) is 5.11 Å². The molecule has 1 aromatic heterocycles. The molecule has 16 heavy (non-hydrogen) atoms. The van der Waals surface area contributed by atoms with E-state index in [-0.39, 0.29) is 11.8 Å². The molecule has 0 fully saturated rings. The molecule has 0 saturated heterocycles. The second kappa shape index (κ2) is 6.07. The first-order chi connectivity index (χ1) is 7.63. The van der Waals surface area contributed by atoms with Crippen molar-refractivity contribution in [3.8, 4) is 0 Å². The van der Waals surface area contributed by atoms with Crippen LogP contribution in [0, 0.1) is 0 Å². The van der Waals surface area contributed by atoms with Crippen molar-refractivity contribution in [2.24, 2.45) is 0 Å². The van der Waals surface area contributed by atoms with Crippen molar-refractivity contribution >= 4 is 11.7 Å². The van der Waals surface area contributed by atoms with Crippen molar-refractivity contribution in [1.82, 2.24) is 4.98 Å². The summed E-state index contributed by atoms with van der Waals surface area (Å²) in [6, 6.07) is 3.38. The van der Waals surface area contributed by atoms with E-state index in [2.05, 4.69) is 15.0 Å². The number of methoxy groups -OCH3 is 1. The predicted molar refractivity (Wildman–Crippen MR) is 60.4 cm³/mol. The fourth-order valence-electron chi connectivity index (χ4n) is 1.18. The van der Waals surface area contributed by atoms with Crippen LogP contribution in [-0.2, 0) is 4.74 Å². The lowest BCUT2D eigenvalue weighted by Crippen LogP contribution is -2.11. The number of esters is 1. The molecule has 1 heterocycles. The Morgan fingerprint density at radius 3 is 3.06 bits per heavy atom. The van der Waals surface area contributed by atoms with Crippen LogP contribution in [0.15, 0.2) is 18.3 Å². The minimum Gasteiger partial charge on any atom is -0.464 e. The zero-order valence-corrected chi connectivity index (χ0v) is 9.43. The van der Waals surface area contributed by atoms with Gasteiger partial charge in [-0.1, -0.05) is 0 Å². The molecule has 0 aliphatic rings. The smallest absolute Gasteiger partial charge is 0.356 e. The van der Waals surface area contributed by atoms with Gasteiger partial charge in [0.05, 0.1) is 13.2 Å². The first-order valence-corrected chi connectivity index (χ1v) is 5.10. The number of hydrogen-bond donors (Lipinski definition) is 2. The summed E-state index contributed by atoms with van der Waals surface area (Å²) < 4.78 is 4.56. The average molecular weight is 224 g/mol. The standard InChI is InChI=1S/C11H16N2O3/c1-8(14)3-5-12-9-4-6-13-10(7-9)11(15)16-2/h4,6-8,14H,3,5H2,1-2H3,(H,12,13). The highest BCUT2D eigenvalue weighted by Crippen LogP contribution is 2.08. The van der Waals surface area contributed by atoms with Gasteiger partial charge in [0.15, 0.2) is 0 Å². The average Bonchev–Trinajstić information content (AvgIpc) is 2.28. The van der Waals surface area contributed by atoms with Crippen LogP contribution in [0.1, 0.15) is 23.8 Å². The number of hydrogen-bond acceptors (Lipinski definition) is 5. The van der Waals surface area contributed by atoms with Gasteiger partial charge in [-0.05, 0) is 25.5 Å². The fourth-order valence-corrected chi connectivity index (χ4v) is 1.18. The summed E-state index contributed by atoms with van der Waals surface area (Å²) in [5.74, 6) is -0.459. The molecular weight excluding hydrogens is 208 g/mol. The number of nitrogens with one attached hydrogen (secondary N) is 1. The normalized spacial score (nSPS) is 11.9. The van der Waals surface area contributed by atoms with Crippen LogP contribution < -0.4 is 5.32 Å². The summed E-state index contributed by atoms with van der Waals surface area (Å²) in [7, 11) is 1.32. The van der Waals surface area contributed by atoms with Gasteiger partial charge in [-0.25, -0.2) is 9.78 Å². The number of aliphatic hydroxyl groups excluding tert-OH is 1. The number of carbonyl (C=O) groups is 1. The molecular formula is C11H16N2O3. The maximum atomic E-state index is 11.2. The molecule has 1 rings (SSSR count). The van der Waals surface area contributed by atoms with Crippen LogP contribution in [0.3, 0.4) is 0 Å². The van der Waals surface area contributed by atoms with Crippen LogP contribution >= 0.6 is 0 Å². The van der Waals surface area contributed by atoms with Gasteiger partial charge < -0.3 is 15.2 Å². The summed E-state index contributed by atoms with van der Waals surface area (Å²) in [6.45, 7) is 2.37. The van der Waals surface area contributed by atoms with Crippen molar-refractivity contribution in [2.45, 2.75) is 19.4 Å². The molecule has 5 heteroatoms. The Bertz CT molecular complexity index is 353. The Labute approximate surface area is 94.5 Å². The maximum absolute atomic E-state index is 11.2. The molecule has 0 bridgehead atoms. The lowest BCUT2D eigenvalue weighted by atomic mass is 10.2. The topological polar surface area (TPSA) is 71.5 Å². The van der Waals surface area contributed by atoms with Gasteiger partial charge in [-0.15, -0.1) is 0 Å². The molecule has 88 valence electrons. The number of aromatic nitrogens is 1. The van der Waals surface area contributed by atoms with Gasteiger partial charge >= 0.3 is 5.97 Å². The lowest BCUT2D eigenvalue weighted by molar-refractivity contribution is 0.0594. The fraction of sp³-hybridized carbons (Fsp3) is 0.455. The largest absolute Gasteiger partial charge is 0.464 e. The van der Waals surface area contributed by atoms with Gasteiger partial charge in [0.1, 0.15) is 5.69 Å². The van der Waals surface area contributed by atoms with Crippen molar-refractivity contribution in [2.75, 3.05) is 19.0 Å². The SMILES string of the molecule is COC(=O)c1cc(NCCC(C)O)ccn1. The van der Waals surface area contributed by atoms with Crippen LogP contribution in [0.4, 0.5) is 5.69 Å². The van der Waals surface area contributed by atoms with Crippen LogP contribution in [0.25, 0.3) is 0 Å². The number of anilines is 1. The van der Waals surface area contributed by atoms with E-state index in [1.807, 2.05) is 0 Å². The molecule has 5 nitrogen and oxygen atoms in total. The number of aliphatic hydroxyl groups is 1. The van der Waals surface area contributed by atoms with E-state index in [9.17, 15) is 4.79 Å². The lowest BCUT2D eigenvalue weighted by Gasteiger charge is -2.08. The minimum atomic E-state index is -0.459. The number of ether oxygens (including phenoxy) is 1. The quantitative estimate of drug-likeness (QED) is 0.731. The zero-order valence-electron chi connectivity index (χ0n) is 9.43. The van der Waals surface area contributed by atoms with Gasteiger partial charge in [0.2, 0.25) is 0 Å². The molecule has 0 aliphatic carbocycles. The second-order valence-corrected chi connectivity index (χ2v) is 3.49. The molecule has 0 radical (unpaired) electrons. The zero-order chi connectivity index (χ0) is 12.0. The molecule has 0 amide bonds.